The number of halogens is 1. The Kier molecular flexibility index (Phi) is 5.24. The number of nitrogens with one attached hydrogen (secondary N) is 1. The third kappa shape index (κ3) is 3.55. The maximum absolute atomic E-state index is 13.4. The summed E-state index contributed by atoms with van der Waals surface area (Å²) in [7, 11) is -3.88. The summed E-state index contributed by atoms with van der Waals surface area (Å²) < 4.78 is 45.1. The maximum Gasteiger partial charge on any atom is 0.325 e. The third-order valence-electron chi connectivity index (χ3n) is 5.59. The standard InChI is InChI=1S/C18H21FN4O6S/c19-13-2-1-3-14(10-13)30(27,28)22-7-5-21(6-8-22)15(24)11-23-16(25)18(20-17(23)26)4-9-29-12-18/h1-3,10H,4-9,11-12H2,(H,20,26)/t18-/m1/s1. The number of amides is 4. The summed E-state index contributed by atoms with van der Waals surface area (Å²) in [5.74, 6) is -1.58. The minimum atomic E-state index is -3.88. The SMILES string of the molecule is O=C(CN1C(=O)N[C@@]2(CCOC2)C1=O)N1CCN(S(=O)(=O)c2cccc(F)c2)CC1. The van der Waals surface area contributed by atoms with Crippen molar-refractivity contribution >= 4 is 27.9 Å². The lowest BCUT2D eigenvalue weighted by atomic mass is 9.99. The Morgan fingerprint density at radius 1 is 1.20 bits per heavy atom. The molecule has 0 aliphatic carbocycles. The number of imide groups is 1. The van der Waals surface area contributed by atoms with Crippen molar-refractivity contribution in [3.8, 4) is 0 Å². The van der Waals surface area contributed by atoms with E-state index in [9.17, 15) is 27.2 Å². The molecule has 0 saturated carbocycles. The molecule has 3 aliphatic heterocycles. The van der Waals surface area contributed by atoms with Gasteiger partial charge in [-0.2, -0.15) is 4.31 Å². The average molecular weight is 440 g/mol. The minimum absolute atomic E-state index is 0.0303. The number of benzene rings is 1. The van der Waals surface area contributed by atoms with E-state index in [4.69, 9.17) is 4.74 Å². The Morgan fingerprint density at radius 3 is 2.57 bits per heavy atom. The molecule has 3 fully saturated rings. The van der Waals surface area contributed by atoms with E-state index in [0.29, 0.717) is 13.0 Å². The number of piperazine rings is 1. The highest BCUT2D eigenvalue weighted by molar-refractivity contribution is 7.89. The van der Waals surface area contributed by atoms with E-state index in [2.05, 4.69) is 5.32 Å². The van der Waals surface area contributed by atoms with Crippen LogP contribution in [0, 0.1) is 5.82 Å². The Bertz CT molecular complexity index is 986. The second-order valence-corrected chi connectivity index (χ2v) is 9.39. The summed E-state index contributed by atoms with van der Waals surface area (Å²) >= 11 is 0. The van der Waals surface area contributed by atoms with Crippen LogP contribution < -0.4 is 5.32 Å². The Labute approximate surface area is 172 Å². The number of nitrogens with zero attached hydrogens (tertiary/aromatic N) is 3. The molecule has 1 spiro atoms. The van der Waals surface area contributed by atoms with E-state index in [0.717, 1.165) is 17.0 Å². The maximum atomic E-state index is 13.4. The van der Waals surface area contributed by atoms with Crippen molar-refractivity contribution in [2.24, 2.45) is 0 Å². The number of carbonyl (C=O) groups is 3. The van der Waals surface area contributed by atoms with Gasteiger partial charge in [-0.3, -0.25) is 14.5 Å². The lowest BCUT2D eigenvalue weighted by Gasteiger charge is -2.34. The zero-order chi connectivity index (χ0) is 21.5. The predicted molar refractivity (Wildman–Crippen MR) is 100 cm³/mol. The van der Waals surface area contributed by atoms with Crippen molar-refractivity contribution in [3.05, 3.63) is 30.1 Å². The number of rotatable bonds is 4. The summed E-state index contributed by atoms with van der Waals surface area (Å²) in [6, 6.07) is 4.12. The molecule has 3 heterocycles. The number of urea groups is 1. The summed E-state index contributed by atoms with van der Waals surface area (Å²) in [6.45, 7) is 0.291. The van der Waals surface area contributed by atoms with Crippen LogP contribution in [0.25, 0.3) is 0 Å². The van der Waals surface area contributed by atoms with Gasteiger partial charge in [-0.1, -0.05) is 6.07 Å². The Balaban J connectivity index is 1.37. The lowest BCUT2D eigenvalue weighted by Crippen LogP contribution is -2.53. The first-order chi connectivity index (χ1) is 14.2. The van der Waals surface area contributed by atoms with Gasteiger partial charge in [-0.25, -0.2) is 17.6 Å². The molecule has 10 nitrogen and oxygen atoms in total. The number of sulfonamides is 1. The Morgan fingerprint density at radius 2 is 1.93 bits per heavy atom. The molecule has 1 aromatic rings. The molecule has 1 N–H and O–H groups in total. The van der Waals surface area contributed by atoms with Gasteiger partial charge in [-0.05, 0) is 18.2 Å². The first-order valence-electron chi connectivity index (χ1n) is 9.48. The van der Waals surface area contributed by atoms with Crippen LogP contribution in [-0.2, 0) is 24.3 Å². The largest absolute Gasteiger partial charge is 0.378 e. The first kappa shape index (κ1) is 20.7. The lowest BCUT2D eigenvalue weighted by molar-refractivity contribution is -0.139. The molecule has 162 valence electrons. The molecule has 0 unspecified atom stereocenters. The fraction of sp³-hybridized carbons (Fsp3) is 0.500. The van der Waals surface area contributed by atoms with E-state index in [1.807, 2.05) is 0 Å². The van der Waals surface area contributed by atoms with Crippen molar-refractivity contribution in [2.75, 3.05) is 45.9 Å². The van der Waals surface area contributed by atoms with Crippen molar-refractivity contribution in [1.29, 1.82) is 0 Å². The molecule has 12 heteroatoms. The van der Waals surface area contributed by atoms with Crippen LogP contribution in [0.3, 0.4) is 0 Å². The monoisotopic (exact) mass is 440 g/mol. The average Bonchev–Trinajstić information content (AvgIpc) is 3.28. The molecule has 3 aliphatic rings. The second-order valence-electron chi connectivity index (χ2n) is 7.45. The summed E-state index contributed by atoms with van der Waals surface area (Å²) in [6.07, 6.45) is 0.360. The summed E-state index contributed by atoms with van der Waals surface area (Å²) in [4.78, 5) is 39.5. The van der Waals surface area contributed by atoms with Crippen LogP contribution in [-0.4, -0.2) is 91.8 Å². The van der Waals surface area contributed by atoms with Crippen molar-refractivity contribution in [3.63, 3.8) is 0 Å². The van der Waals surface area contributed by atoms with E-state index in [1.54, 1.807) is 0 Å². The van der Waals surface area contributed by atoms with Crippen molar-refractivity contribution < 1.29 is 31.9 Å². The number of carbonyl (C=O) groups excluding carboxylic acids is 3. The van der Waals surface area contributed by atoms with E-state index < -0.39 is 45.8 Å². The zero-order valence-corrected chi connectivity index (χ0v) is 16.9. The normalized spacial score (nSPS) is 25.2. The highest BCUT2D eigenvalue weighted by Crippen LogP contribution is 2.27. The second kappa shape index (κ2) is 7.60. The van der Waals surface area contributed by atoms with Gasteiger partial charge in [0.15, 0.2) is 0 Å². The zero-order valence-electron chi connectivity index (χ0n) is 16.0. The van der Waals surface area contributed by atoms with Gasteiger partial charge in [0.05, 0.1) is 11.5 Å². The minimum Gasteiger partial charge on any atom is -0.378 e. The van der Waals surface area contributed by atoms with E-state index >= 15 is 0 Å². The van der Waals surface area contributed by atoms with E-state index in [1.165, 1.54) is 21.3 Å². The van der Waals surface area contributed by atoms with Gasteiger partial charge in [0, 0.05) is 39.2 Å². The molecule has 1 aromatic carbocycles. The molecule has 1 atom stereocenters. The van der Waals surface area contributed by atoms with Crippen LogP contribution in [0.15, 0.2) is 29.2 Å². The van der Waals surface area contributed by atoms with Gasteiger partial charge >= 0.3 is 6.03 Å². The first-order valence-corrected chi connectivity index (χ1v) is 10.9. The van der Waals surface area contributed by atoms with Gasteiger partial charge in [-0.15, -0.1) is 0 Å². The Hall–Kier alpha value is -2.57. The van der Waals surface area contributed by atoms with Crippen molar-refractivity contribution in [2.45, 2.75) is 16.9 Å². The molecule has 4 rings (SSSR count). The van der Waals surface area contributed by atoms with Crippen LogP contribution in [0.1, 0.15) is 6.42 Å². The quantitative estimate of drug-likeness (QED) is 0.624. The smallest absolute Gasteiger partial charge is 0.325 e. The molecule has 3 saturated heterocycles. The number of hydrogen-bond donors (Lipinski definition) is 1. The van der Waals surface area contributed by atoms with Crippen LogP contribution in [0.4, 0.5) is 9.18 Å². The topological polar surface area (TPSA) is 116 Å². The number of ether oxygens (including phenoxy) is 1. The molecule has 30 heavy (non-hydrogen) atoms. The molecule has 0 bridgehead atoms. The summed E-state index contributed by atoms with van der Waals surface area (Å²) in [5.41, 5.74) is -1.09. The highest BCUT2D eigenvalue weighted by atomic mass is 32.2. The van der Waals surface area contributed by atoms with Crippen LogP contribution in [0.5, 0.6) is 0 Å². The van der Waals surface area contributed by atoms with Crippen molar-refractivity contribution in [1.82, 2.24) is 19.4 Å². The van der Waals surface area contributed by atoms with Gasteiger partial charge in [0.2, 0.25) is 15.9 Å². The molecular formula is C18H21FN4O6S. The van der Waals surface area contributed by atoms with Crippen LogP contribution in [0.2, 0.25) is 0 Å². The fourth-order valence-electron chi connectivity index (χ4n) is 3.84. The molecular weight excluding hydrogens is 419 g/mol. The molecule has 0 radical (unpaired) electrons. The molecule has 4 amide bonds. The van der Waals surface area contributed by atoms with Gasteiger partial charge < -0.3 is 15.0 Å². The van der Waals surface area contributed by atoms with E-state index in [-0.39, 0.29) is 37.7 Å². The van der Waals surface area contributed by atoms with Gasteiger partial charge in [0.1, 0.15) is 17.9 Å². The van der Waals surface area contributed by atoms with Gasteiger partial charge in [0.25, 0.3) is 5.91 Å². The van der Waals surface area contributed by atoms with Crippen LogP contribution >= 0.6 is 0 Å². The highest BCUT2D eigenvalue weighted by Gasteiger charge is 2.54. The molecule has 0 aromatic heterocycles. The third-order valence-corrected chi connectivity index (χ3v) is 7.48. The fourth-order valence-corrected chi connectivity index (χ4v) is 5.30. The predicted octanol–water partition coefficient (Wildman–Crippen LogP) is -0.630. The summed E-state index contributed by atoms with van der Waals surface area (Å²) in [5, 5.41) is 2.61. The number of hydrogen-bond acceptors (Lipinski definition) is 6.